The normalized spacial score (nSPS) is 13.0. The van der Waals surface area contributed by atoms with Gasteiger partial charge in [0.25, 0.3) is 0 Å². The minimum Gasteiger partial charge on any atom is -0.461 e. The molecule has 1 aliphatic carbocycles. The maximum atomic E-state index is 12.5. The quantitative estimate of drug-likeness (QED) is 0.524. The summed E-state index contributed by atoms with van der Waals surface area (Å²) in [7, 11) is 0. The number of carbonyl (C=O) groups excluding carboxylic acids is 1. The van der Waals surface area contributed by atoms with Crippen molar-refractivity contribution in [2.75, 3.05) is 6.61 Å². The van der Waals surface area contributed by atoms with Gasteiger partial charge in [0, 0.05) is 23.0 Å². The smallest absolute Gasteiger partial charge is 0.461 e. The highest BCUT2D eigenvalue weighted by Gasteiger charge is 2.31. The third kappa shape index (κ3) is 4.56. The van der Waals surface area contributed by atoms with Gasteiger partial charge >= 0.3 is 12.3 Å². The van der Waals surface area contributed by atoms with Gasteiger partial charge in [-0.05, 0) is 74.6 Å². The molecule has 6 nitrogen and oxygen atoms in total. The lowest BCUT2D eigenvalue weighted by Crippen LogP contribution is -2.16. The predicted molar refractivity (Wildman–Crippen MR) is 110 cm³/mol. The van der Waals surface area contributed by atoms with E-state index in [9.17, 15) is 18.0 Å². The van der Waals surface area contributed by atoms with E-state index < -0.39 is 12.3 Å². The number of pyridine rings is 1. The Hall–Kier alpha value is -3.49. The first-order valence-corrected chi connectivity index (χ1v) is 10.1. The van der Waals surface area contributed by atoms with Gasteiger partial charge in [0.05, 0.1) is 12.3 Å². The number of esters is 1. The summed E-state index contributed by atoms with van der Waals surface area (Å²) in [5.74, 6) is -0.421. The fraction of sp³-hybridized carbons (Fsp3) is 0.304. The molecule has 0 radical (unpaired) electrons. The molecule has 2 heterocycles. The van der Waals surface area contributed by atoms with Crippen molar-refractivity contribution in [3.63, 3.8) is 0 Å². The summed E-state index contributed by atoms with van der Waals surface area (Å²) in [5, 5.41) is 0. The molecule has 3 aromatic rings. The van der Waals surface area contributed by atoms with Crippen LogP contribution >= 0.6 is 0 Å². The Morgan fingerprint density at radius 2 is 1.88 bits per heavy atom. The average molecular weight is 443 g/mol. The number of rotatable bonds is 4. The van der Waals surface area contributed by atoms with Crippen LogP contribution in [0.5, 0.6) is 5.75 Å². The van der Waals surface area contributed by atoms with E-state index in [1.807, 2.05) is 6.07 Å². The van der Waals surface area contributed by atoms with Crippen LogP contribution in [0.15, 0.2) is 36.5 Å². The number of carbonyl (C=O) groups is 1. The highest BCUT2D eigenvalue weighted by Crippen LogP contribution is 2.34. The summed E-state index contributed by atoms with van der Waals surface area (Å²) < 4.78 is 46.4. The molecular weight excluding hydrogens is 423 g/mol. The van der Waals surface area contributed by atoms with Gasteiger partial charge in [-0.15, -0.1) is 13.2 Å². The molecule has 0 N–H and O–H groups in total. The highest BCUT2D eigenvalue weighted by atomic mass is 19.4. The third-order valence-corrected chi connectivity index (χ3v) is 5.06. The Morgan fingerprint density at radius 1 is 1.12 bits per heavy atom. The Labute approximate surface area is 182 Å². The fourth-order valence-electron chi connectivity index (χ4n) is 3.76. The number of fused-ring (bicyclic) bond motifs is 3. The third-order valence-electron chi connectivity index (χ3n) is 5.06. The number of alkyl halides is 3. The summed E-state index contributed by atoms with van der Waals surface area (Å²) in [6, 6.07) is 7.28. The molecule has 32 heavy (non-hydrogen) atoms. The maximum Gasteiger partial charge on any atom is 0.573 e. The SMILES string of the molecule is CCOC(=O)c1nc(C)cc2c1CCCc1cnc(-c3ccc(OC(F)(F)F)cc3)nc1-2. The molecule has 0 fully saturated rings. The molecule has 9 heteroatoms. The largest absolute Gasteiger partial charge is 0.573 e. The number of halogens is 3. The van der Waals surface area contributed by atoms with Crippen LogP contribution < -0.4 is 4.74 Å². The van der Waals surface area contributed by atoms with Gasteiger partial charge in [-0.25, -0.2) is 19.7 Å². The van der Waals surface area contributed by atoms with Crippen LogP contribution in [0, 0.1) is 6.92 Å². The van der Waals surface area contributed by atoms with Gasteiger partial charge in [0.15, 0.2) is 11.5 Å². The Kier molecular flexibility index (Phi) is 5.82. The number of hydrogen-bond acceptors (Lipinski definition) is 6. The van der Waals surface area contributed by atoms with Crippen LogP contribution in [0.1, 0.15) is 40.7 Å². The number of hydrogen-bond donors (Lipinski definition) is 0. The molecule has 0 bridgehead atoms. The summed E-state index contributed by atoms with van der Waals surface area (Å²) in [6.45, 7) is 3.79. The predicted octanol–water partition coefficient (Wildman–Crippen LogP) is 5.08. The van der Waals surface area contributed by atoms with Gasteiger partial charge in [0.1, 0.15) is 5.75 Å². The Balaban J connectivity index is 1.77. The molecule has 0 spiro atoms. The maximum absolute atomic E-state index is 12.5. The molecule has 0 saturated heterocycles. The highest BCUT2D eigenvalue weighted by molar-refractivity contribution is 5.92. The summed E-state index contributed by atoms with van der Waals surface area (Å²) in [6.07, 6.45) is -0.861. The standard InChI is InChI=1S/C23H20F3N3O3/c1-3-31-22(30)20-17-6-4-5-15-12-27-21(29-19(15)18(17)11-13(2)28-20)14-7-9-16(10-8-14)32-23(24,25)26/h7-12H,3-6H2,1-2H3. The van der Waals surface area contributed by atoms with Crippen molar-refractivity contribution >= 4 is 5.97 Å². The van der Waals surface area contributed by atoms with Crippen molar-refractivity contribution in [1.82, 2.24) is 15.0 Å². The number of benzene rings is 1. The van der Waals surface area contributed by atoms with Crippen LogP contribution in [-0.2, 0) is 17.6 Å². The average Bonchev–Trinajstić information content (AvgIpc) is 2.92. The number of ether oxygens (including phenoxy) is 2. The van der Waals surface area contributed by atoms with Crippen molar-refractivity contribution in [2.45, 2.75) is 39.5 Å². The zero-order chi connectivity index (χ0) is 22.9. The van der Waals surface area contributed by atoms with Gasteiger partial charge in [0.2, 0.25) is 0 Å². The summed E-state index contributed by atoms with van der Waals surface area (Å²) in [5.41, 5.74) is 4.71. The summed E-state index contributed by atoms with van der Waals surface area (Å²) in [4.78, 5) is 26.1. The molecule has 4 rings (SSSR count). The molecule has 0 saturated carbocycles. The van der Waals surface area contributed by atoms with Crippen LogP contribution in [-0.4, -0.2) is 33.9 Å². The fourth-order valence-corrected chi connectivity index (χ4v) is 3.76. The number of nitrogens with zero attached hydrogens (tertiary/aromatic N) is 3. The molecule has 0 unspecified atom stereocenters. The Morgan fingerprint density at radius 3 is 2.56 bits per heavy atom. The minimum atomic E-state index is -4.76. The topological polar surface area (TPSA) is 74.2 Å². The zero-order valence-electron chi connectivity index (χ0n) is 17.5. The lowest BCUT2D eigenvalue weighted by atomic mass is 9.99. The van der Waals surface area contributed by atoms with Crippen LogP contribution in [0.3, 0.4) is 0 Å². The first-order valence-electron chi connectivity index (χ1n) is 10.1. The van der Waals surface area contributed by atoms with Gasteiger partial charge in [-0.3, -0.25) is 0 Å². The second-order valence-electron chi connectivity index (χ2n) is 7.35. The van der Waals surface area contributed by atoms with Crippen molar-refractivity contribution in [3.8, 4) is 28.4 Å². The monoisotopic (exact) mass is 443 g/mol. The second kappa shape index (κ2) is 8.57. The van der Waals surface area contributed by atoms with Crippen LogP contribution in [0.25, 0.3) is 22.6 Å². The first kappa shape index (κ1) is 21.7. The molecule has 166 valence electrons. The van der Waals surface area contributed by atoms with E-state index >= 15 is 0 Å². The van der Waals surface area contributed by atoms with Gasteiger partial charge in [-0.1, -0.05) is 0 Å². The zero-order valence-corrected chi connectivity index (χ0v) is 17.5. The molecule has 1 aliphatic rings. The lowest BCUT2D eigenvalue weighted by molar-refractivity contribution is -0.274. The molecular formula is C23H20F3N3O3. The van der Waals surface area contributed by atoms with E-state index in [1.54, 1.807) is 20.0 Å². The van der Waals surface area contributed by atoms with E-state index in [4.69, 9.17) is 9.72 Å². The molecule has 0 amide bonds. The second-order valence-corrected chi connectivity index (χ2v) is 7.35. The van der Waals surface area contributed by atoms with Crippen LogP contribution in [0.4, 0.5) is 13.2 Å². The first-order chi connectivity index (χ1) is 15.2. The van der Waals surface area contributed by atoms with Crippen molar-refractivity contribution in [3.05, 3.63) is 59.0 Å². The van der Waals surface area contributed by atoms with Crippen molar-refractivity contribution in [2.24, 2.45) is 0 Å². The lowest BCUT2D eigenvalue weighted by Gasteiger charge is -2.14. The molecule has 2 aromatic heterocycles. The van der Waals surface area contributed by atoms with Crippen molar-refractivity contribution in [1.29, 1.82) is 0 Å². The van der Waals surface area contributed by atoms with Crippen molar-refractivity contribution < 1.29 is 27.4 Å². The minimum absolute atomic E-state index is 0.250. The van der Waals surface area contributed by atoms with E-state index in [-0.39, 0.29) is 12.4 Å². The van der Waals surface area contributed by atoms with E-state index in [0.717, 1.165) is 29.5 Å². The number of aromatic nitrogens is 3. The van der Waals surface area contributed by atoms with E-state index in [0.29, 0.717) is 34.9 Å². The van der Waals surface area contributed by atoms with E-state index in [2.05, 4.69) is 14.7 Å². The van der Waals surface area contributed by atoms with Gasteiger partial charge < -0.3 is 9.47 Å². The summed E-state index contributed by atoms with van der Waals surface area (Å²) >= 11 is 0. The Bertz CT molecular complexity index is 1160. The molecule has 0 aliphatic heterocycles. The van der Waals surface area contributed by atoms with Gasteiger partial charge in [-0.2, -0.15) is 0 Å². The van der Waals surface area contributed by atoms with E-state index in [1.165, 1.54) is 24.3 Å². The molecule has 0 atom stereocenters. The number of aryl methyl sites for hydroxylation is 2. The molecule has 1 aromatic carbocycles. The van der Waals surface area contributed by atoms with Crippen LogP contribution in [0.2, 0.25) is 0 Å².